The largest absolute Gasteiger partial charge is 0.508 e. The third-order valence-corrected chi connectivity index (χ3v) is 14.7. The second-order valence-corrected chi connectivity index (χ2v) is 22.2. The highest BCUT2D eigenvalue weighted by Crippen LogP contribution is 2.28. The summed E-state index contributed by atoms with van der Waals surface area (Å²) in [5, 5.41) is 34.3. The lowest BCUT2D eigenvalue weighted by molar-refractivity contribution is -0.142. The number of nitrogens with two attached hydrogens (primary N) is 5. The second kappa shape index (κ2) is 35.4. The summed E-state index contributed by atoms with van der Waals surface area (Å²) in [4.78, 5) is 134. The summed E-state index contributed by atoms with van der Waals surface area (Å²) in [6, 6.07) is 13.5. The summed E-state index contributed by atoms with van der Waals surface area (Å²) in [6.45, 7) is 5.50. The van der Waals surface area contributed by atoms with Crippen LogP contribution in [-0.2, 0) is 49.6 Å². The molecule has 28 nitrogen and oxygen atoms in total. The number of likely N-dealkylation sites (tertiary alicyclic amines) is 1. The maximum atomic E-state index is 14.8. The normalized spacial score (nSPS) is 16.4. The number of hydrogen-bond acceptors (Lipinski definition) is 16. The molecule has 2 aliphatic heterocycles. The van der Waals surface area contributed by atoms with E-state index in [0.29, 0.717) is 47.5 Å². The molecule has 1 fully saturated rings. The van der Waals surface area contributed by atoms with Gasteiger partial charge in [0.2, 0.25) is 47.3 Å². The van der Waals surface area contributed by atoms with Crippen LogP contribution in [-0.4, -0.2) is 169 Å². The minimum Gasteiger partial charge on any atom is -0.508 e. The van der Waals surface area contributed by atoms with Crippen LogP contribution in [0, 0.1) is 11.8 Å². The zero-order valence-electron chi connectivity index (χ0n) is 50.8. The lowest BCUT2D eigenvalue weighted by Crippen LogP contribution is -2.60. The van der Waals surface area contributed by atoms with Gasteiger partial charge in [0.25, 0.3) is 5.91 Å². The number of carbonyl (C=O) groups is 9. The Balaban J connectivity index is 1.26. The van der Waals surface area contributed by atoms with Crippen LogP contribution in [0.15, 0.2) is 93.9 Å². The van der Waals surface area contributed by atoms with Crippen molar-refractivity contribution in [1.82, 2.24) is 42.1 Å². The molecule has 3 aromatic carbocycles. The number of hydrazone groups is 1. The van der Waals surface area contributed by atoms with Crippen molar-refractivity contribution in [3.05, 3.63) is 90.0 Å². The molecule has 0 saturated carbocycles. The second-order valence-electron chi connectivity index (χ2n) is 22.2. The van der Waals surface area contributed by atoms with E-state index in [1.165, 1.54) is 22.0 Å². The molecule has 0 radical (unpaired) electrons. The molecule has 1 saturated heterocycles. The number of nitrogens with zero attached hydrogens (tertiary/aromatic N) is 5. The van der Waals surface area contributed by atoms with Crippen molar-refractivity contribution in [2.75, 3.05) is 51.0 Å². The van der Waals surface area contributed by atoms with Gasteiger partial charge in [0.1, 0.15) is 61.0 Å². The number of amides is 9. The van der Waals surface area contributed by atoms with Gasteiger partial charge in [-0.2, -0.15) is 5.10 Å². The van der Waals surface area contributed by atoms with Crippen LogP contribution in [0.3, 0.4) is 0 Å². The van der Waals surface area contributed by atoms with Gasteiger partial charge in [-0.05, 0) is 116 Å². The molecule has 0 aliphatic carbocycles. The van der Waals surface area contributed by atoms with Crippen LogP contribution in [0.25, 0.3) is 0 Å². The molecule has 1 unspecified atom stereocenters. The van der Waals surface area contributed by atoms with E-state index in [1.54, 1.807) is 73.7 Å². The van der Waals surface area contributed by atoms with E-state index in [0.717, 1.165) is 0 Å². The van der Waals surface area contributed by atoms with Gasteiger partial charge in [-0.3, -0.25) is 63.5 Å². The molecular weight excluding hydrogens is 1150 g/mol. The van der Waals surface area contributed by atoms with E-state index < -0.39 is 115 Å². The number of imide groups is 1. The van der Waals surface area contributed by atoms with Crippen molar-refractivity contribution in [3.8, 4) is 11.5 Å². The molecule has 0 bridgehead atoms. The zero-order valence-corrected chi connectivity index (χ0v) is 50.8. The highest BCUT2D eigenvalue weighted by atomic mass is 18.2. The van der Waals surface area contributed by atoms with Crippen molar-refractivity contribution < 1.29 is 57.4 Å². The molecule has 0 spiro atoms. The number of benzene rings is 3. The minimum atomic E-state index is -1.36. The number of anilines is 1. The standard InChI is InChI=1S/C60H86FN17O11/c1-5-36(4)51(75-52(82)42(62)30-35(2)3)57(87)73-46(31-37-17-21-40(79)22-18-37)58(88)77-28-11-16-47(77)55(85)72-44(15-10-27-68-60(65)66)54(84)71-43(14-9-26-67-59(63)64)53(83)70-33-49(80)69-34-50(81)74-56(86)48-32-45(76-78(48)39-12-7-6-8-13-39)38-19-23-41(24-20-38)89-29-25-61/h6-8,12-13,17-24,35-36,42-44,46-48,51,79H,5,9-11,14-16,25-34,62H2,1-4H3,(H,69,80)(H,70,83)(H,71,84)(H,72,85)(H,73,87)(H,75,82)(H4,63,64,67)(H4,65,66,68)(H,74,81,86)/t36-,42-,43-,44-,46-,47-,48?,51-/m0/s1/i61-1. The van der Waals surface area contributed by atoms with E-state index in [-0.39, 0.29) is 101 Å². The summed E-state index contributed by atoms with van der Waals surface area (Å²) in [7, 11) is 0. The van der Waals surface area contributed by atoms with Crippen molar-refractivity contribution in [3.63, 3.8) is 0 Å². The van der Waals surface area contributed by atoms with Crippen LogP contribution in [0.2, 0.25) is 0 Å². The van der Waals surface area contributed by atoms with Crippen LogP contribution < -0.4 is 75.6 Å². The Hall–Kier alpha value is -9.41. The Morgan fingerprint density at radius 1 is 0.719 bits per heavy atom. The molecule has 8 atom stereocenters. The summed E-state index contributed by atoms with van der Waals surface area (Å²) in [5.74, 6) is -6.97. The SMILES string of the molecule is CC[C@H](C)[C@H](NC(=O)[C@@H](N)CC(C)C)C(=O)N[C@@H](Cc1ccc(O)cc1)C(=O)N1CCC[C@H]1C(=O)N[C@@H](CCCN=C(N)N)C(=O)N[C@@H](CCCN=C(N)N)C(=O)NCC(=O)NCC(=O)NC(=O)C1CC(c2ccc(OCC[18F])cc2)=NN1c1ccccc1. The maximum absolute atomic E-state index is 14.8. The van der Waals surface area contributed by atoms with Gasteiger partial charge < -0.3 is 75.3 Å². The Morgan fingerprint density at radius 2 is 1.34 bits per heavy atom. The Morgan fingerprint density at radius 3 is 1.94 bits per heavy atom. The predicted molar refractivity (Wildman–Crippen MR) is 332 cm³/mol. The monoisotopic (exact) mass is 1240 g/mol. The molecule has 5 rings (SSSR count). The quantitative estimate of drug-likeness (QED) is 0.0200. The van der Waals surface area contributed by atoms with E-state index in [2.05, 4.69) is 52.3 Å². The number of hydrogen-bond donors (Lipinski definition) is 13. The van der Waals surface area contributed by atoms with E-state index in [1.807, 2.05) is 20.8 Å². The van der Waals surface area contributed by atoms with Crippen molar-refractivity contribution >= 4 is 76.5 Å². The number of halogens is 1. The minimum absolute atomic E-state index is 0.0328. The molecule has 2 aliphatic rings. The number of para-hydroxylation sites is 1. The van der Waals surface area contributed by atoms with Crippen molar-refractivity contribution in [1.29, 1.82) is 0 Å². The summed E-state index contributed by atoms with van der Waals surface area (Å²) in [5.41, 5.74) is 30.7. The molecule has 2 heterocycles. The predicted octanol–water partition coefficient (Wildman–Crippen LogP) is -0.702. The number of carbonyl (C=O) groups excluding carboxylic acids is 9. The fraction of sp³-hybridized carbons (Fsp3) is 0.500. The third kappa shape index (κ3) is 22.7. The fourth-order valence-corrected chi connectivity index (χ4v) is 9.90. The number of phenolic OH excluding ortho intramolecular Hbond substituents is 1. The number of aliphatic imine (C=N–C) groups is 2. The first-order valence-corrected chi connectivity index (χ1v) is 29.7. The molecule has 0 aromatic heterocycles. The Bertz CT molecular complexity index is 2980. The summed E-state index contributed by atoms with van der Waals surface area (Å²) >= 11 is 0. The summed E-state index contributed by atoms with van der Waals surface area (Å²) < 4.78 is 18.0. The number of guanidine groups is 2. The molecule has 3 aromatic rings. The van der Waals surface area contributed by atoms with Crippen LogP contribution >= 0.6 is 0 Å². The molecule has 89 heavy (non-hydrogen) atoms. The Labute approximate surface area is 516 Å². The zero-order chi connectivity index (χ0) is 65.2. The topological polar surface area (TPSA) is 441 Å². The average molecular weight is 1240 g/mol. The number of aromatic hydroxyl groups is 1. The Kier molecular flexibility index (Phi) is 28.0. The lowest BCUT2D eigenvalue weighted by Gasteiger charge is -2.32. The van der Waals surface area contributed by atoms with Gasteiger partial charge in [-0.1, -0.05) is 64.4 Å². The van der Waals surface area contributed by atoms with Gasteiger partial charge in [-0.25, -0.2) is 4.39 Å². The lowest BCUT2D eigenvalue weighted by atomic mass is 9.96. The number of nitrogens with one attached hydrogen (secondary N) is 7. The van der Waals surface area contributed by atoms with Crippen LogP contribution in [0.1, 0.15) is 96.6 Å². The van der Waals surface area contributed by atoms with Gasteiger partial charge in [0.05, 0.1) is 30.5 Å². The van der Waals surface area contributed by atoms with Gasteiger partial charge in [-0.15, -0.1) is 0 Å². The van der Waals surface area contributed by atoms with Gasteiger partial charge in [0, 0.05) is 32.5 Å². The fourth-order valence-electron chi connectivity index (χ4n) is 9.90. The van der Waals surface area contributed by atoms with Crippen molar-refractivity contribution in [2.45, 2.75) is 134 Å². The number of rotatable bonds is 34. The van der Waals surface area contributed by atoms with E-state index in [4.69, 9.17) is 33.4 Å². The van der Waals surface area contributed by atoms with E-state index in [9.17, 15) is 52.6 Å². The van der Waals surface area contributed by atoms with Crippen LogP contribution in [0.5, 0.6) is 11.5 Å². The third-order valence-electron chi connectivity index (χ3n) is 14.7. The van der Waals surface area contributed by atoms with Gasteiger partial charge >= 0.3 is 0 Å². The molecule has 18 N–H and O–H groups in total. The molecule has 9 amide bonds. The molecular formula is C60H86FN17O11. The summed E-state index contributed by atoms with van der Waals surface area (Å²) in [6.07, 6.45) is 1.55. The van der Waals surface area contributed by atoms with Gasteiger partial charge in [0.15, 0.2) is 11.9 Å². The molecule has 484 valence electrons. The average Bonchev–Trinajstić information content (AvgIpc) is 2.12. The van der Waals surface area contributed by atoms with E-state index >= 15 is 0 Å². The highest BCUT2D eigenvalue weighted by molar-refractivity contribution is 6.10. The highest BCUT2D eigenvalue weighted by Gasteiger charge is 2.41. The number of phenols is 1. The maximum Gasteiger partial charge on any atom is 0.251 e. The first-order chi connectivity index (χ1) is 42.5. The first kappa shape index (κ1) is 70.4. The first-order valence-electron chi connectivity index (χ1n) is 29.7. The smallest absolute Gasteiger partial charge is 0.251 e. The van der Waals surface area contributed by atoms with Crippen LogP contribution in [0.4, 0.5) is 10.1 Å². The number of alkyl halides is 1. The number of ether oxygens (including phenoxy) is 1. The molecule has 29 heteroatoms. The van der Waals surface area contributed by atoms with Crippen molar-refractivity contribution in [2.24, 2.45) is 55.6 Å².